The molecule has 0 bridgehead atoms. The van der Waals surface area contributed by atoms with Gasteiger partial charge in [-0.3, -0.25) is 14.5 Å². The molecular formula is C16H28N4O4S2. The molecular weight excluding hydrogens is 376 g/mol. The molecule has 10 heteroatoms. The minimum atomic E-state index is -3.20. The number of sulfonamides is 1. The highest BCUT2D eigenvalue weighted by Gasteiger charge is 2.36. The molecule has 3 rings (SSSR count). The van der Waals surface area contributed by atoms with Crippen LogP contribution in [-0.2, 0) is 19.6 Å². The number of carbonyl (C=O) groups is 2. The average molecular weight is 405 g/mol. The largest absolute Gasteiger partial charge is 0.340 e. The van der Waals surface area contributed by atoms with E-state index in [1.54, 1.807) is 4.90 Å². The molecule has 0 radical (unpaired) electrons. The van der Waals surface area contributed by atoms with E-state index in [2.05, 4.69) is 0 Å². The Labute approximate surface area is 159 Å². The summed E-state index contributed by atoms with van der Waals surface area (Å²) in [4.78, 5) is 31.1. The Bertz CT molecular complexity index is 628. The number of rotatable bonds is 4. The fraction of sp³-hybridized carbons (Fsp3) is 0.875. The molecule has 0 aromatic heterocycles. The summed E-state index contributed by atoms with van der Waals surface area (Å²) in [5.41, 5.74) is 0. The van der Waals surface area contributed by atoms with E-state index in [0.717, 1.165) is 44.0 Å². The van der Waals surface area contributed by atoms with E-state index in [0.29, 0.717) is 26.2 Å². The molecule has 0 aromatic rings. The highest BCUT2D eigenvalue weighted by molar-refractivity contribution is 7.99. The first-order valence-corrected chi connectivity index (χ1v) is 12.2. The molecule has 0 aliphatic carbocycles. The Morgan fingerprint density at radius 2 is 1.62 bits per heavy atom. The molecule has 3 fully saturated rings. The van der Waals surface area contributed by atoms with E-state index in [4.69, 9.17) is 0 Å². The number of nitrogens with zero attached hydrogens (tertiary/aromatic N) is 4. The molecule has 3 aliphatic heterocycles. The lowest BCUT2D eigenvalue weighted by Crippen LogP contribution is -2.54. The molecule has 0 saturated carbocycles. The lowest BCUT2D eigenvalue weighted by molar-refractivity contribution is -0.138. The molecule has 0 aromatic carbocycles. The second-order valence-electron chi connectivity index (χ2n) is 7.11. The SMILES string of the molecule is CS(=O)(=O)N1CCN(C(=O)CN2CCCC2C(=O)N2CCSCC2)CC1. The van der Waals surface area contributed by atoms with Crippen LogP contribution < -0.4 is 0 Å². The van der Waals surface area contributed by atoms with Crippen molar-refractivity contribution in [3.8, 4) is 0 Å². The van der Waals surface area contributed by atoms with Gasteiger partial charge >= 0.3 is 0 Å². The molecule has 1 atom stereocenters. The second kappa shape index (κ2) is 8.45. The van der Waals surface area contributed by atoms with E-state index < -0.39 is 10.0 Å². The van der Waals surface area contributed by atoms with Gasteiger partial charge in [0.1, 0.15) is 0 Å². The topological polar surface area (TPSA) is 81.2 Å². The Morgan fingerprint density at radius 3 is 2.23 bits per heavy atom. The van der Waals surface area contributed by atoms with Gasteiger partial charge in [0.05, 0.1) is 18.8 Å². The van der Waals surface area contributed by atoms with Crippen molar-refractivity contribution >= 4 is 33.6 Å². The summed E-state index contributed by atoms with van der Waals surface area (Å²) in [5.74, 6) is 2.13. The van der Waals surface area contributed by atoms with Gasteiger partial charge in [0.15, 0.2) is 0 Å². The van der Waals surface area contributed by atoms with Crippen LogP contribution in [0.5, 0.6) is 0 Å². The van der Waals surface area contributed by atoms with Gasteiger partial charge in [-0.15, -0.1) is 0 Å². The average Bonchev–Trinajstić information content (AvgIpc) is 3.09. The molecule has 0 N–H and O–H groups in total. The van der Waals surface area contributed by atoms with Crippen molar-refractivity contribution in [2.24, 2.45) is 0 Å². The normalized spacial score (nSPS) is 26.3. The molecule has 0 spiro atoms. The fourth-order valence-electron chi connectivity index (χ4n) is 3.83. The molecule has 8 nitrogen and oxygen atoms in total. The van der Waals surface area contributed by atoms with Crippen LogP contribution >= 0.6 is 11.8 Å². The van der Waals surface area contributed by atoms with Gasteiger partial charge in [0.25, 0.3) is 0 Å². The first-order valence-electron chi connectivity index (χ1n) is 9.20. The lowest BCUT2D eigenvalue weighted by Gasteiger charge is -2.35. The molecule has 2 amide bonds. The van der Waals surface area contributed by atoms with Crippen LogP contribution in [0.3, 0.4) is 0 Å². The summed E-state index contributed by atoms with van der Waals surface area (Å²) >= 11 is 1.88. The zero-order chi connectivity index (χ0) is 18.7. The Hall–Kier alpha value is -0.840. The molecule has 148 valence electrons. The third-order valence-electron chi connectivity index (χ3n) is 5.37. The van der Waals surface area contributed by atoms with Crippen molar-refractivity contribution in [3.63, 3.8) is 0 Å². The van der Waals surface area contributed by atoms with Crippen LogP contribution in [-0.4, -0.2) is 115 Å². The number of amides is 2. The molecule has 26 heavy (non-hydrogen) atoms. The number of piperazine rings is 1. The first-order chi connectivity index (χ1) is 12.4. The smallest absolute Gasteiger partial charge is 0.239 e. The van der Waals surface area contributed by atoms with Crippen molar-refractivity contribution in [3.05, 3.63) is 0 Å². The van der Waals surface area contributed by atoms with Crippen LogP contribution in [0.1, 0.15) is 12.8 Å². The van der Waals surface area contributed by atoms with Crippen LogP contribution in [0.15, 0.2) is 0 Å². The van der Waals surface area contributed by atoms with Gasteiger partial charge in [-0.25, -0.2) is 8.42 Å². The van der Waals surface area contributed by atoms with Crippen LogP contribution in [0.2, 0.25) is 0 Å². The van der Waals surface area contributed by atoms with E-state index in [9.17, 15) is 18.0 Å². The third-order valence-corrected chi connectivity index (χ3v) is 7.62. The van der Waals surface area contributed by atoms with Gasteiger partial charge in [-0.05, 0) is 19.4 Å². The van der Waals surface area contributed by atoms with E-state index in [1.807, 2.05) is 21.6 Å². The number of thioether (sulfide) groups is 1. The highest BCUT2D eigenvalue weighted by Crippen LogP contribution is 2.21. The van der Waals surface area contributed by atoms with Gasteiger partial charge in [-0.1, -0.05) is 0 Å². The van der Waals surface area contributed by atoms with Gasteiger partial charge in [0, 0.05) is 50.8 Å². The summed E-state index contributed by atoms with van der Waals surface area (Å²) in [6.45, 7) is 4.15. The quantitative estimate of drug-likeness (QED) is 0.606. The summed E-state index contributed by atoms with van der Waals surface area (Å²) in [6, 6.07) is -0.181. The zero-order valence-corrected chi connectivity index (χ0v) is 16.9. The predicted molar refractivity (Wildman–Crippen MR) is 101 cm³/mol. The minimum Gasteiger partial charge on any atom is -0.340 e. The Morgan fingerprint density at radius 1 is 0.962 bits per heavy atom. The van der Waals surface area contributed by atoms with E-state index in [1.165, 1.54) is 10.6 Å². The highest BCUT2D eigenvalue weighted by atomic mass is 32.2. The van der Waals surface area contributed by atoms with Gasteiger partial charge in [0.2, 0.25) is 21.8 Å². The Balaban J connectivity index is 1.52. The standard InChI is InChI=1S/C16H28N4O4S2/c1-26(23,24)20-7-5-17(6-8-20)15(21)13-19-4-2-3-14(19)16(22)18-9-11-25-12-10-18/h14H,2-13H2,1H3. The summed E-state index contributed by atoms with van der Waals surface area (Å²) < 4.78 is 24.6. The van der Waals surface area contributed by atoms with Gasteiger partial charge in [-0.2, -0.15) is 16.1 Å². The maximum absolute atomic E-state index is 12.8. The number of carbonyl (C=O) groups excluding carboxylic acids is 2. The molecule has 3 heterocycles. The van der Waals surface area contributed by atoms with Crippen molar-refractivity contribution in [2.75, 3.05) is 70.1 Å². The first kappa shape index (κ1) is 19.9. The molecule has 1 unspecified atom stereocenters. The minimum absolute atomic E-state index is 0.00736. The van der Waals surface area contributed by atoms with Crippen molar-refractivity contribution in [2.45, 2.75) is 18.9 Å². The lowest BCUT2D eigenvalue weighted by atomic mass is 10.2. The van der Waals surface area contributed by atoms with Gasteiger partial charge < -0.3 is 9.80 Å². The summed E-state index contributed by atoms with van der Waals surface area (Å²) in [7, 11) is -3.20. The van der Waals surface area contributed by atoms with Crippen molar-refractivity contribution in [1.29, 1.82) is 0 Å². The maximum Gasteiger partial charge on any atom is 0.239 e. The maximum atomic E-state index is 12.8. The molecule has 3 aliphatic rings. The Kier molecular flexibility index (Phi) is 6.47. The number of likely N-dealkylation sites (tertiary alicyclic amines) is 1. The third kappa shape index (κ3) is 4.71. The fourth-order valence-corrected chi connectivity index (χ4v) is 5.56. The van der Waals surface area contributed by atoms with E-state index >= 15 is 0 Å². The van der Waals surface area contributed by atoms with Crippen molar-refractivity contribution in [1.82, 2.24) is 19.0 Å². The van der Waals surface area contributed by atoms with E-state index in [-0.39, 0.29) is 24.4 Å². The number of hydrogen-bond donors (Lipinski definition) is 0. The van der Waals surface area contributed by atoms with Crippen LogP contribution in [0.25, 0.3) is 0 Å². The summed E-state index contributed by atoms with van der Waals surface area (Å²) in [6.07, 6.45) is 2.95. The number of hydrogen-bond acceptors (Lipinski definition) is 6. The van der Waals surface area contributed by atoms with Crippen LogP contribution in [0.4, 0.5) is 0 Å². The molecule has 3 saturated heterocycles. The van der Waals surface area contributed by atoms with Crippen LogP contribution in [0, 0.1) is 0 Å². The second-order valence-corrected chi connectivity index (χ2v) is 10.3. The zero-order valence-electron chi connectivity index (χ0n) is 15.3. The predicted octanol–water partition coefficient (Wildman–Crippen LogP) is -0.870. The monoisotopic (exact) mass is 404 g/mol. The van der Waals surface area contributed by atoms with Crippen molar-refractivity contribution < 1.29 is 18.0 Å². The summed E-state index contributed by atoms with van der Waals surface area (Å²) in [5, 5.41) is 0.